The second-order valence-corrected chi connectivity index (χ2v) is 12.0. The number of aryl methyl sites for hydroxylation is 2. The maximum atomic E-state index is 13.9. The molecular weight excluding hydrogens is 566 g/mol. The lowest BCUT2D eigenvalue weighted by atomic mass is 10.0. The average molecular weight is 606 g/mol. The quantitative estimate of drug-likeness (QED) is 0.416. The van der Waals surface area contributed by atoms with Crippen molar-refractivity contribution < 1.29 is 19.2 Å². The summed E-state index contributed by atoms with van der Waals surface area (Å²) in [6, 6.07) is 20.8. The summed E-state index contributed by atoms with van der Waals surface area (Å²) in [6.45, 7) is 6.78. The maximum Gasteiger partial charge on any atom is 0.254 e. The minimum Gasteiger partial charge on any atom is -0.340 e. The highest BCUT2D eigenvalue weighted by Crippen LogP contribution is 2.30. The predicted octanol–water partition coefficient (Wildman–Crippen LogP) is 3.56. The van der Waals surface area contributed by atoms with Crippen molar-refractivity contribution in [3.05, 3.63) is 112 Å². The van der Waals surface area contributed by atoms with Gasteiger partial charge in [-0.05, 0) is 60.4 Å². The number of rotatable bonds is 7. The normalized spacial score (nSPS) is 16.5. The number of nitrogens with zero attached hydrogens (tertiary/aromatic N) is 4. The summed E-state index contributed by atoms with van der Waals surface area (Å²) in [7, 11) is 0. The van der Waals surface area contributed by atoms with Gasteiger partial charge in [-0.15, -0.1) is 0 Å². The SMILES string of the molecule is Cc1ccc(C(=O)N2CC(=O)N(Cc3ccc(C(=O)N4CC=CC4)cc3)c3cc(CCC(=O)N4CCNCC4)ccc3C2)cc1. The van der Waals surface area contributed by atoms with E-state index in [-0.39, 0.29) is 30.2 Å². The number of piperazine rings is 1. The van der Waals surface area contributed by atoms with E-state index < -0.39 is 0 Å². The topological polar surface area (TPSA) is 93.3 Å². The van der Waals surface area contributed by atoms with E-state index in [9.17, 15) is 19.2 Å². The highest BCUT2D eigenvalue weighted by Gasteiger charge is 2.30. The van der Waals surface area contributed by atoms with Crippen molar-refractivity contribution in [2.75, 3.05) is 50.7 Å². The molecule has 3 aromatic carbocycles. The van der Waals surface area contributed by atoms with Gasteiger partial charge in [0.1, 0.15) is 6.54 Å². The molecule has 1 saturated heterocycles. The summed E-state index contributed by atoms with van der Waals surface area (Å²) in [6.07, 6.45) is 4.92. The van der Waals surface area contributed by atoms with Gasteiger partial charge in [0.05, 0.1) is 6.54 Å². The highest BCUT2D eigenvalue weighted by molar-refractivity contribution is 6.02. The molecule has 1 N–H and O–H groups in total. The summed E-state index contributed by atoms with van der Waals surface area (Å²) >= 11 is 0. The van der Waals surface area contributed by atoms with Crippen molar-refractivity contribution in [3.8, 4) is 0 Å². The number of hydrogen-bond acceptors (Lipinski definition) is 5. The van der Waals surface area contributed by atoms with E-state index in [1.54, 1.807) is 26.8 Å². The third-order valence-corrected chi connectivity index (χ3v) is 8.76. The van der Waals surface area contributed by atoms with Crippen LogP contribution in [0.2, 0.25) is 0 Å². The number of carbonyl (C=O) groups excluding carboxylic acids is 4. The zero-order valence-electron chi connectivity index (χ0n) is 25.7. The van der Waals surface area contributed by atoms with Crippen molar-refractivity contribution in [2.24, 2.45) is 0 Å². The third-order valence-electron chi connectivity index (χ3n) is 8.76. The van der Waals surface area contributed by atoms with Crippen molar-refractivity contribution in [2.45, 2.75) is 32.9 Å². The maximum absolute atomic E-state index is 13.9. The van der Waals surface area contributed by atoms with Gasteiger partial charge in [-0.25, -0.2) is 0 Å². The molecule has 45 heavy (non-hydrogen) atoms. The number of nitrogens with one attached hydrogen (secondary N) is 1. The minimum atomic E-state index is -0.193. The fraction of sp³-hybridized carbons (Fsp3) is 0.333. The largest absolute Gasteiger partial charge is 0.340 e. The van der Waals surface area contributed by atoms with Gasteiger partial charge in [0.2, 0.25) is 11.8 Å². The Morgan fingerprint density at radius 3 is 2.04 bits per heavy atom. The van der Waals surface area contributed by atoms with Gasteiger partial charge in [-0.1, -0.05) is 54.1 Å². The van der Waals surface area contributed by atoms with Gasteiger partial charge in [0.15, 0.2) is 0 Å². The molecular formula is C36H39N5O4. The van der Waals surface area contributed by atoms with E-state index in [1.165, 1.54) is 0 Å². The molecule has 3 aromatic rings. The van der Waals surface area contributed by atoms with Crippen molar-refractivity contribution in [1.29, 1.82) is 0 Å². The average Bonchev–Trinajstić information content (AvgIpc) is 3.58. The summed E-state index contributed by atoms with van der Waals surface area (Å²) in [5, 5.41) is 3.28. The Balaban J connectivity index is 1.25. The number of carbonyl (C=O) groups is 4. The Bertz CT molecular complexity index is 1600. The van der Waals surface area contributed by atoms with Gasteiger partial charge in [0.25, 0.3) is 11.8 Å². The van der Waals surface area contributed by atoms with Crippen molar-refractivity contribution in [3.63, 3.8) is 0 Å². The molecule has 3 heterocycles. The van der Waals surface area contributed by atoms with E-state index >= 15 is 0 Å². The van der Waals surface area contributed by atoms with Gasteiger partial charge in [-0.3, -0.25) is 19.2 Å². The van der Waals surface area contributed by atoms with Gasteiger partial charge in [0, 0.05) is 69.0 Å². The molecule has 0 aliphatic carbocycles. The summed E-state index contributed by atoms with van der Waals surface area (Å²) in [5.41, 5.74) is 5.66. The molecule has 6 rings (SSSR count). The number of hydrogen-bond donors (Lipinski definition) is 1. The standard InChI is InChI=1S/C36H39N5O4/c1-26-4-10-29(11-5-26)36(45)40-24-31-14-6-27(9-15-33(42)38-20-16-37-17-21-38)22-32(31)41(34(43)25-40)23-28-7-12-30(13-8-28)35(44)39-18-2-3-19-39/h2-8,10-14,22,37H,9,15-21,23-25H2,1H3. The fourth-order valence-corrected chi connectivity index (χ4v) is 6.08. The molecule has 1 fully saturated rings. The van der Waals surface area contributed by atoms with E-state index in [4.69, 9.17) is 0 Å². The first-order valence-corrected chi connectivity index (χ1v) is 15.7. The molecule has 3 aliphatic rings. The lowest BCUT2D eigenvalue weighted by Gasteiger charge is -2.27. The molecule has 0 unspecified atom stereocenters. The molecule has 0 bridgehead atoms. The van der Waals surface area contributed by atoms with Crippen LogP contribution in [0.3, 0.4) is 0 Å². The van der Waals surface area contributed by atoms with Crippen LogP contribution >= 0.6 is 0 Å². The van der Waals surface area contributed by atoms with Crippen LogP contribution in [0.15, 0.2) is 78.9 Å². The fourth-order valence-electron chi connectivity index (χ4n) is 6.08. The van der Waals surface area contributed by atoms with E-state index in [1.807, 2.05) is 78.6 Å². The van der Waals surface area contributed by atoms with E-state index in [0.717, 1.165) is 54.1 Å². The first kappa shape index (κ1) is 30.3. The highest BCUT2D eigenvalue weighted by atomic mass is 16.2. The first-order valence-electron chi connectivity index (χ1n) is 15.7. The first-order chi connectivity index (χ1) is 21.9. The zero-order chi connectivity index (χ0) is 31.3. The monoisotopic (exact) mass is 605 g/mol. The lowest BCUT2D eigenvalue weighted by Crippen LogP contribution is -2.46. The Kier molecular flexibility index (Phi) is 9.07. The Labute approximate surface area is 264 Å². The van der Waals surface area contributed by atoms with E-state index in [0.29, 0.717) is 50.1 Å². The molecule has 3 aliphatic heterocycles. The Morgan fingerprint density at radius 1 is 0.733 bits per heavy atom. The molecule has 0 saturated carbocycles. The number of benzene rings is 3. The van der Waals surface area contributed by atoms with Gasteiger partial charge < -0.3 is 24.9 Å². The smallest absolute Gasteiger partial charge is 0.254 e. The second kappa shape index (κ2) is 13.5. The van der Waals surface area contributed by atoms with Crippen LogP contribution in [0.4, 0.5) is 5.69 Å². The Hall–Kier alpha value is -4.76. The zero-order valence-corrected chi connectivity index (χ0v) is 25.7. The van der Waals surface area contributed by atoms with Crippen LogP contribution in [0.25, 0.3) is 0 Å². The van der Waals surface area contributed by atoms with Gasteiger partial charge in [-0.2, -0.15) is 0 Å². The molecule has 9 heteroatoms. The molecule has 9 nitrogen and oxygen atoms in total. The minimum absolute atomic E-state index is 0.0204. The van der Waals surface area contributed by atoms with Crippen LogP contribution in [-0.2, 0) is 29.1 Å². The molecule has 0 aromatic heterocycles. The molecule has 232 valence electrons. The number of amides is 4. The van der Waals surface area contributed by atoms with Crippen LogP contribution < -0.4 is 10.2 Å². The Morgan fingerprint density at radius 2 is 1.36 bits per heavy atom. The molecule has 0 radical (unpaired) electrons. The third kappa shape index (κ3) is 6.99. The number of anilines is 1. The van der Waals surface area contributed by atoms with Crippen molar-refractivity contribution in [1.82, 2.24) is 20.0 Å². The lowest BCUT2D eigenvalue weighted by molar-refractivity contribution is -0.131. The summed E-state index contributed by atoms with van der Waals surface area (Å²) in [5.74, 6) is -0.269. The molecule has 4 amide bonds. The second-order valence-electron chi connectivity index (χ2n) is 12.0. The van der Waals surface area contributed by atoms with E-state index in [2.05, 4.69) is 5.32 Å². The van der Waals surface area contributed by atoms with Gasteiger partial charge >= 0.3 is 0 Å². The van der Waals surface area contributed by atoms with Crippen LogP contribution in [0.1, 0.15) is 49.4 Å². The van der Waals surface area contributed by atoms with Crippen LogP contribution in [0, 0.1) is 6.92 Å². The number of fused-ring (bicyclic) bond motifs is 1. The molecule has 0 atom stereocenters. The summed E-state index contributed by atoms with van der Waals surface area (Å²) < 4.78 is 0. The molecule has 0 spiro atoms. The summed E-state index contributed by atoms with van der Waals surface area (Å²) in [4.78, 5) is 60.2. The van der Waals surface area contributed by atoms with Crippen molar-refractivity contribution >= 4 is 29.3 Å². The van der Waals surface area contributed by atoms with Crippen LogP contribution in [-0.4, -0.2) is 84.1 Å². The predicted molar refractivity (Wildman–Crippen MR) is 173 cm³/mol. The van der Waals surface area contributed by atoms with Crippen LogP contribution in [0.5, 0.6) is 0 Å².